The van der Waals surface area contributed by atoms with E-state index in [0.717, 1.165) is 0 Å². The lowest BCUT2D eigenvalue weighted by Crippen LogP contribution is -2.44. The minimum atomic E-state index is -0.630. The quantitative estimate of drug-likeness (QED) is 0.429. The van der Waals surface area contributed by atoms with E-state index < -0.39 is 23.6 Å². The molecule has 0 saturated heterocycles. The lowest BCUT2D eigenvalue weighted by Gasteiger charge is -2.20. The van der Waals surface area contributed by atoms with Gasteiger partial charge in [0.2, 0.25) is 5.91 Å². The van der Waals surface area contributed by atoms with Crippen molar-refractivity contribution >= 4 is 29.4 Å². The molecule has 7 nitrogen and oxygen atoms in total. The number of nitrogens with one attached hydrogen (secondary N) is 2. The van der Waals surface area contributed by atoms with Gasteiger partial charge in [0, 0.05) is 6.54 Å². The highest BCUT2D eigenvalue weighted by molar-refractivity contribution is 6.28. The average molecular weight is 336 g/mol. The van der Waals surface area contributed by atoms with Gasteiger partial charge in [0.15, 0.2) is 5.78 Å². The molecule has 8 heteroatoms. The van der Waals surface area contributed by atoms with Crippen molar-refractivity contribution in [2.75, 3.05) is 19.0 Å². The van der Waals surface area contributed by atoms with Gasteiger partial charge >= 0.3 is 6.09 Å². The van der Waals surface area contributed by atoms with Crippen LogP contribution in [0.2, 0.25) is 0 Å². The summed E-state index contributed by atoms with van der Waals surface area (Å²) in [6.45, 7) is 5.62. The zero-order valence-corrected chi connectivity index (χ0v) is 14.2. The third kappa shape index (κ3) is 10.4. The number of halogens is 1. The van der Waals surface area contributed by atoms with Gasteiger partial charge in [0.1, 0.15) is 5.60 Å². The third-order valence-electron chi connectivity index (χ3n) is 2.63. The predicted octanol–water partition coefficient (Wildman–Crippen LogP) is 0.933. The van der Waals surface area contributed by atoms with E-state index in [4.69, 9.17) is 22.1 Å². The van der Waals surface area contributed by atoms with Crippen LogP contribution in [0, 0.1) is 0 Å². The fourth-order valence-corrected chi connectivity index (χ4v) is 1.82. The lowest BCUT2D eigenvalue weighted by molar-refractivity contribution is -0.126. The number of hydrogen-bond donors (Lipinski definition) is 3. The van der Waals surface area contributed by atoms with Gasteiger partial charge in [-0.2, -0.15) is 0 Å². The first-order valence-corrected chi connectivity index (χ1v) is 7.78. The number of nitrogens with two attached hydrogens (primary N) is 1. The zero-order chi connectivity index (χ0) is 17.2. The monoisotopic (exact) mass is 335 g/mol. The maximum atomic E-state index is 11.6. The Morgan fingerprint density at radius 1 is 1.23 bits per heavy atom. The number of carbonyl (C=O) groups excluding carboxylic acids is 3. The Morgan fingerprint density at radius 3 is 2.36 bits per heavy atom. The molecule has 0 radical (unpaired) electrons. The summed E-state index contributed by atoms with van der Waals surface area (Å²) in [5.41, 5.74) is 4.67. The second kappa shape index (κ2) is 10.4. The first kappa shape index (κ1) is 20.7. The number of hydrogen-bond acceptors (Lipinski definition) is 5. The second-order valence-corrected chi connectivity index (χ2v) is 6.12. The van der Waals surface area contributed by atoms with Crippen LogP contribution in [-0.4, -0.2) is 48.4 Å². The molecule has 0 bridgehead atoms. The first-order valence-electron chi connectivity index (χ1n) is 7.24. The molecule has 0 spiro atoms. The molecule has 0 aliphatic rings. The summed E-state index contributed by atoms with van der Waals surface area (Å²) in [5.74, 6) is -0.801. The van der Waals surface area contributed by atoms with E-state index in [2.05, 4.69) is 10.6 Å². The molecule has 0 rings (SSSR count). The largest absolute Gasteiger partial charge is 0.444 e. The molecule has 0 fully saturated rings. The minimum Gasteiger partial charge on any atom is -0.444 e. The topological polar surface area (TPSA) is 111 Å². The van der Waals surface area contributed by atoms with Crippen LogP contribution < -0.4 is 16.4 Å². The molecule has 0 aromatic rings. The lowest BCUT2D eigenvalue weighted by atomic mass is 10.1. The molecule has 0 aliphatic carbocycles. The van der Waals surface area contributed by atoms with Crippen molar-refractivity contribution in [2.45, 2.75) is 51.7 Å². The molecule has 2 amide bonds. The highest BCUT2D eigenvalue weighted by Gasteiger charge is 2.19. The normalized spacial score (nSPS) is 12.4. The molecule has 1 atom stereocenters. The van der Waals surface area contributed by atoms with E-state index in [1.165, 1.54) is 0 Å². The number of amides is 2. The predicted molar refractivity (Wildman–Crippen MR) is 84.8 cm³/mol. The molecule has 0 saturated carbocycles. The molecule has 22 heavy (non-hydrogen) atoms. The van der Waals surface area contributed by atoms with Crippen LogP contribution in [0.1, 0.15) is 40.0 Å². The number of carbonyl (C=O) groups is 3. The Labute approximate surface area is 136 Å². The van der Waals surface area contributed by atoms with Crippen LogP contribution in [0.4, 0.5) is 4.79 Å². The Hall–Kier alpha value is -1.34. The summed E-state index contributed by atoms with van der Waals surface area (Å²) in [7, 11) is 0. The maximum absolute atomic E-state index is 11.6. The van der Waals surface area contributed by atoms with Gasteiger partial charge < -0.3 is 21.1 Å². The van der Waals surface area contributed by atoms with E-state index in [-0.39, 0.29) is 18.2 Å². The van der Waals surface area contributed by atoms with Gasteiger partial charge in [-0.3, -0.25) is 9.59 Å². The van der Waals surface area contributed by atoms with Crippen molar-refractivity contribution in [2.24, 2.45) is 5.73 Å². The summed E-state index contributed by atoms with van der Waals surface area (Å²) in [6.07, 6.45) is 1.28. The van der Waals surface area contributed by atoms with Gasteiger partial charge in [0.25, 0.3) is 0 Å². The molecule has 128 valence electrons. The molecule has 0 heterocycles. The third-order valence-corrected chi connectivity index (χ3v) is 2.89. The number of alkyl halides is 1. The van der Waals surface area contributed by atoms with Crippen molar-refractivity contribution in [3.8, 4) is 0 Å². The molecular formula is C14H26ClN3O4. The first-order chi connectivity index (χ1) is 10.2. The van der Waals surface area contributed by atoms with Crippen LogP contribution in [-0.2, 0) is 14.3 Å². The number of alkyl carbamates (subject to hydrolysis) is 1. The Morgan fingerprint density at radius 2 is 1.86 bits per heavy atom. The Kier molecular flexibility index (Phi) is 9.76. The Balaban J connectivity index is 4.01. The summed E-state index contributed by atoms with van der Waals surface area (Å²) in [4.78, 5) is 34.3. The fourth-order valence-electron chi connectivity index (χ4n) is 1.64. The van der Waals surface area contributed by atoms with Gasteiger partial charge in [-0.15, -0.1) is 11.6 Å². The number of ketones is 1. The van der Waals surface area contributed by atoms with Crippen molar-refractivity contribution < 1.29 is 19.1 Å². The van der Waals surface area contributed by atoms with Crippen LogP contribution in [0.15, 0.2) is 0 Å². The molecule has 0 aromatic heterocycles. The van der Waals surface area contributed by atoms with Gasteiger partial charge in [0.05, 0.1) is 18.5 Å². The molecule has 0 unspecified atom stereocenters. The number of ether oxygens (including phenoxy) is 1. The average Bonchev–Trinajstić information content (AvgIpc) is 2.42. The van der Waals surface area contributed by atoms with Crippen LogP contribution in [0.3, 0.4) is 0 Å². The van der Waals surface area contributed by atoms with Crippen molar-refractivity contribution in [1.82, 2.24) is 10.6 Å². The highest BCUT2D eigenvalue weighted by atomic mass is 35.5. The van der Waals surface area contributed by atoms with E-state index in [1.807, 2.05) is 0 Å². The smallest absolute Gasteiger partial charge is 0.407 e. The zero-order valence-electron chi connectivity index (χ0n) is 13.4. The highest BCUT2D eigenvalue weighted by Crippen LogP contribution is 2.07. The van der Waals surface area contributed by atoms with Crippen molar-refractivity contribution in [3.63, 3.8) is 0 Å². The Bertz CT molecular complexity index is 383. The molecule has 0 aliphatic heterocycles. The summed E-state index contributed by atoms with van der Waals surface area (Å²) in [5, 5.41) is 5.17. The van der Waals surface area contributed by atoms with E-state index in [1.54, 1.807) is 20.8 Å². The van der Waals surface area contributed by atoms with Crippen molar-refractivity contribution in [1.29, 1.82) is 0 Å². The van der Waals surface area contributed by atoms with Gasteiger partial charge in [-0.25, -0.2) is 4.79 Å². The second-order valence-electron chi connectivity index (χ2n) is 5.85. The fraction of sp³-hybridized carbons (Fsp3) is 0.786. The molecule has 0 aromatic carbocycles. The maximum Gasteiger partial charge on any atom is 0.407 e. The van der Waals surface area contributed by atoms with E-state index in [0.29, 0.717) is 25.8 Å². The standard InChI is InChI=1S/C14H26ClN3O4/c1-14(2,3)22-13(21)17-7-5-4-6-10(11(19)8-15)18-12(20)9-16/h10H,4-9,16H2,1-3H3,(H,17,21)(H,18,20)/t10-/m0/s1. The van der Waals surface area contributed by atoms with Crippen molar-refractivity contribution in [3.05, 3.63) is 0 Å². The van der Waals surface area contributed by atoms with Crippen LogP contribution in [0.25, 0.3) is 0 Å². The van der Waals surface area contributed by atoms with E-state index >= 15 is 0 Å². The van der Waals surface area contributed by atoms with E-state index in [9.17, 15) is 14.4 Å². The van der Waals surface area contributed by atoms with Crippen LogP contribution in [0.5, 0.6) is 0 Å². The summed E-state index contributed by atoms with van der Waals surface area (Å²) in [6, 6.07) is -0.630. The number of Topliss-reactive ketones (excluding diaryl/α,β-unsaturated/α-hetero) is 1. The number of rotatable bonds is 9. The summed E-state index contributed by atoms with van der Waals surface area (Å²) < 4.78 is 5.10. The SMILES string of the molecule is CC(C)(C)OC(=O)NCCCC[C@H](NC(=O)CN)C(=O)CCl. The molecule has 4 N–H and O–H groups in total. The molecular weight excluding hydrogens is 310 g/mol. The van der Waals surface area contributed by atoms with Crippen LogP contribution >= 0.6 is 11.6 Å². The van der Waals surface area contributed by atoms with Gasteiger partial charge in [-0.05, 0) is 40.0 Å². The van der Waals surface area contributed by atoms with Gasteiger partial charge in [-0.1, -0.05) is 0 Å². The summed E-state index contributed by atoms with van der Waals surface area (Å²) >= 11 is 5.51. The minimum absolute atomic E-state index is 0.161. The number of unbranched alkanes of at least 4 members (excludes halogenated alkanes) is 1.